The van der Waals surface area contributed by atoms with Crippen LogP contribution >= 0.6 is 0 Å². The lowest BCUT2D eigenvalue weighted by molar-refractivity contribution is 0.0953. The Morgan fingerprint density at radius 2 is 2.29 bits per heavy atom. The van der Waals surface area contributed by atoms with Gasteiger partial charge >= 0.3 is 0 Å². The molecule has 0 bridgehead atoms. The Morgan fingerprint density at radius 1 is 1.47 bits per heavy atom. The van der Waals surface area contributed by atoms with Crippen molar-refractivity contribution in [3.05, 3.63) is 29.7 Å². The van der Waals surface area contributed by atoms with Crippen LogP contribution in [0.4, 0.5) is 0 Å². The van der Waals surface area contributed by atoms with Gasteiger partial charge < -0.3 is 9.73 Å². The molecule has 2 rings (SSSR count). The van der Waals surface area contributed by atoms with E-state index in [0.29, 0.717) is 23.6 Å². The largest absolute Gasteiger partial charge is 0.441 e. The molecule has 1 amide bonds. The van der Waals surface area contributed by atoms with Crippen molar-refractivity contribution in [3.8, 4) is 0 Å². The number of nitrogens with zero attached hydrogens (tertiary/aromatic N) is 1. The quantitative estimate of drug-likeness (QED) is 0.824. The van der Waals surface area contributed by atoms with Crippen LogP contribution in [-0.4, -0.2) is 17.4 Å². The molecule has 2 aromatic rings. The fourth-order valence-electron chi connectivity index (χ4n) is 1.66. The second kappa shape index (κ2) is 4.99. The third kappa shape index (κ3) is 2.64. The molecule has 0 aliphatic heterocycles. The van der Waals surface area contributed by atoms with Crippen molar-refractivity contribution in [2.24, 2.45) is 0 Å². The number of fused-ring (bicyclic) bond motifs is 1. The van der Waals surface area contributed by atoms with Crippen LogP contribution in [0.2, 0.25) is 0 Å². The Labute approximate surface area is 100 Å². The zero-order valence-corrected chi connectivity index (χ0v) is 10.1. The van der Waals surface area contributed by atoms with Gasteiger partial charge in [0.15, 0.2) is 11.5 Å². The van der Waals surface area contributed by atoms with E-state index in [1.165, 1.54) is 0 Å². The number of nitrogens with one attached hydrogen (secondary N) is 1. The number of aromatic nitrogens is 1. The van der Waals surface area contributed by atoms with E-state index in [4.69, 9.17) is 4.42 Å². The van der Waals surface area contributed by atoms with E-state index in [0.717, 1.165) is 18.4 Å². The molecule has 0 saturated carbocycles. The van der Waals surface area contributed by atoms with Crippen LogP contribution in [0.25, 0.3) is 11.1 Å². The third-order valence-electron chi connectivity index (χ3n) is 2.57. The van der Waals surface area contributed by atoms with Crippen molar-refractivity contribution >= 4 is 17.0 Å². The second-order valence-electron chi connectivity index (χ2n) is 4.02. The van der Waals surface area contributed by atoms with Gasteiger partial charge in [0.1, 0.15) is 5.52 Å². The van der Waals surface area contributed by atoms with Crippen LogP contribution in [0.15, 0.2) is 22.6 Å². The molecule has 0 radical (unpaired) electrons. The number of oxazole rings is 1. The predicted molar refractivity (Wildman–Crippen MR) is 66.0 cm³/mol. The zero-order chi connectivity index (χ0) is 12.3. The molecule has 1 heterocycles. The molecule has 0 fully saturated rings. The molecule has 0 atom stereocenters. The van der Waals surface area contributed by atoms with Crippen molar-refractivity contribution in [1.82, 2.24) is 10.3 Å². The van der Waals surface area contributed by atoms with Gasteiger partial charge in [-0.3, -0.25) is 4.79 Å². The average Bonchev–Trinajstić information content (AvgIpc) is 2.68. The monoisotopic (exact) mass is 232 g/mol. The molecule has 1 N–H and O–H groups in total. The summed E-state index contributed by atoms with van der Waals surface area (Å²) in [6, 6.07) is 5.30. The van der Waals surface area contributed by atoms with Gasteiger partial charge in [-0.2, -0.15) is 0 Å². The summed E-state index contributed by atoms with van der Waals surface area (Å²) in [5.41, 5.74) is 2.07. The maximum atomic E-state index is 11.8. The van der Waals surface area contributed by atoms with E-state index < -0.39 is 0 Å². The molecule has 0 unspecified atom stereocenters. The number of hydrogen-bond donors (Lipinski definition) is 1. The van der Waals surface area contributed by atoms with E-state index in [9.17, 15) is 4.79 Å². The number of benzene rings is 1. The molecular weight excluding hydrogens is 216 g/mol. The second-order valence-corrected chi connectivity index (χ2v) is 4.02. The Bertz CT molecular complexity index is 531. The van der Waals surface area contributed by atoms with Crippen molar-refractivity contribution < 1.29 is 9.21 Å². The summed E-state index contributed by atoms with van der Waals surface area (Å²) in [7, 11) is 0. The highest BCUT2D eigenvalue weighted by Gasteiger charge is 2.08. The number of aryl methyl sites for hydroxylation is 1. The molecular formula is C13H16N2O2. The van der Waals surface area contributed by atoms with Gasteiger partial charge in [0.05, 0.1) is 0 Å². The average molecular weight is 232 g/mol. The molecule has 4 heteroatoms. The van der Waals surface area contributed by atoms with E-state index in [1.807, 2.05) is 0 Å². The van der Waals surface area contributed by atoms with E-state index in [-0.39, 0.29) is 5.91 Å². The molecule has 1 aromatic carbocycles. The van der Waals surface area contributed by atoms with Gasteiger partial charge in [0, 0.05) is 19.0 Å². The summed E-state index contributed by atoms with van der Waals surface area (Å²) in [4.78, 5) is 16.0. The SMILES string of the molecule is CCCCNC(=O)c1ccc2oc(C)nc2c1. The smallest absolute Gasteiger partial charge is 0.251 e. The number of hydrogen-bond acceptors (Lipinski definition) is 3. The zero-order valence-electron chi connectivity index (χ0n) is 10.1. The van der Waals surface area contributed by atoms with E-state index >= 15 is 0 Å². The molecule has 0 aliphatic rings. The molecule has 0 aliphatic carbocycles. The van der Waals surface area contributed by atoms with Gasteiger partial charge in [0.25, 0.3) is 5.91 Å². The number of carbonyl (C=O) groups is 1. The first kappa shape index (κ1) is 11.6. The maximum Gasteiger partial charge on any atom is 0.251 e. The lowest BCUT2D eigenvalue weighted by Crippen LogP contribution is -2.24. The highest BCUT2D eigenvalue weighted by Crippen LogP contribution is 2.16. The lowest BCUT2D eigenvalue weighted by atomic mass is 10.2. The van der Waals surface area contributed by atoms with Crippen LogP contribution < -0.4 is 5.32 Å². The van der Waals surface area contributed by atoms with Crippen LogP contribution in [0, 0.1) is 6.92 Å². The summed E-state index contributed by atoms with van der Waals surface area (Å²) in [6.07, 6.45) is 2.07. The molecule has 17 heavy (non-hydrogen) atoms. The molecule has 1 aromatic heterocycles. The van der Waals surface area contributed by atoms with Gasteiger partial charge in [-0.15, -0.1) is 0 Å². The van der Waals surface area contributed by atoms with E-state index in [1.54, 1.807) is 25.1 Å². The first-order chi connectivity index (χ1) is 8.20. The standard InChI is InChI=1S/C13H16N2O2/c1-3-4-7-14-13(16)10-5-6-12-11(8-10)15-9(2)17-12/h5-6,8H,3-4,7H2,1-2H3,(H,14,16). The van der Waals surface area contributed by atoms with Crippen LogP contribution in [0.3, 0.4) is 0 Å². The minimum atomic E-state index is -0.0546. The van der Waals surface area contributed by atoms with Crippen molar-refractivity contribution in [3.63, 3.8) is 0 Å². The van der Waals surface area contributed by atoms with Crippen LogP contribution in [0.1, 0.15) is 36.0 Å². The van der Waals surface area contributed by atoms with Gasteiger partial charge in [-0.1, -0.05) is 13.3 Å². The number of carbonyl (C=O) groups excluding carboxylic acids is 1. The van der Waals surface area contributed by atoms with Crippen molar-refractivity contribution in [2.75, 3.05) is 6.54 Å². The molecule has 0 spiro atoms. The first-order valence-electron chi connectivity index (χ1n) is 5.86. The van der Waals surface area contributed by atoms with Crippen LogP contribution in [-0.2, 0) is 0 Å². The van der Waals surface area contributed by atoms with Crippen LogP contribution in [0.5, 0.6) is 0 Å². The fourth-order valence-corrected chi connectivity index (χ4v) is 1.66. The molecule has 0 saturated heterocycles. The molecule has 4 nitrogen and oxygen atoms in total. The summed E-state index contributed by atoms with van der Waals surface area (Å²) in [5, 5.41) is 2.87. The Hall–Kier alpha value is -1.84. The topological polar surface area (TPSA) is 55.1 Å². The number of amides is 1. The van der Waals surface area contributed by atoms with Crippen molar-refractivity contribution in [1.29, 1.82) is 0 Å². The Balaban J connectivity index is 2.15. The van der Waals surface area contributed by atoms with Crippen molar-refractivity contribution in [2.45, 2.75) is 26.7 Å². The normalized spacial score (nSPS) is 10.7. The highest BCUT2D eigenvalue weighted by atomic mass is 16.3. The highest BCUT2D eigenvalue weighted by molar-refractivity contribution is 5.97. The number of rotatable bonds is 4. The van der Waals surface area contributed by atoms with Gasteiger partial charge in [-0.05, 0) is 24.6 Å². The number of unbranched alkanes of at least 4 members (excludes halogenated alkanes) is 1. The molecule has 90 valence electrons. The van der Waals surface area contributed by atoms with Gasteiger partial charge in [-0.25, -0.2) is 4.98 Å². The summed E-state index contributed by atoms with van der Waals surface area (Å²) in [5.74, 6) is 0.560. The Morgan fingerprint density at radius 3 is 3.06 bits per heavy atom. The maximum absolute atomic E-state index is 11.8. The third-order valence-corrected chi connectivity index (χ3v) is 2.57. The Kier molecular flexibility index (Phi) is 3.42. The lowest BCUT2D eigenvalue weighted by Gasteiger charge is -2.03. The first-order valence-corrected chi connectivity index (χ1v) is 5.86. The summed E-state index contributed by atoms with van der Waals surface area (Å²) in [6.45, 7) is 4.60. The summed E-state index contributed by atoms with van der Waals surface area (Å²) >= 11 is 0. The van der Waals surface area contributed by atoms with E-state index in [2.05, 4.69) is 17.2 Å². The van der Waals surface area contributed by atoms with Gasteiger partial charge in [0.2, 0.25) is 0 Å². The fraction of sp³-hybridized carbons (Fsp3) is 0.385. The summed E-state index contributed by atoms with van der Waals surface area (Å²) < 4.78 is 5.36. The minimum Gasteiger partial charge on any atom is -0.441 e. The predicted octanol–water partition coefficient (Wildman–Crippen LogP) is 2.67. The minimum absolute atomic E-state index is 0.0546.